The molecule has 0 aliphatic rings. The number of hydrogen-bond donors (Lipinski definition) is 1. The highest BCUT2D eigenvalue weighted by atomic mass is 16.5. The Morgan fingerprint density at radius 3 is 2.67 bits per heavy atom. The van der Waals surface area contributed by atoms with Gasteiger partial charge in [-0.3, -0.25) is 14.3 Å². The second kappa shape index (κ2) is 8.02. The van der Waals surface area contributed by atoms with Crippen LogP contribution in [0.25, 0.3) is 16.6 Å². The number of rotatable bonds is 6. The Morgan fingerprint density at radius 2 is 1.90 bits per heavy atom. The number of aromatic nitrogens is 3. The molecule has 7 heteroatoms. The maximum absolute atomic E-state index is 13.2. The van der Waals surface area contributed by atoms with E-state index in [1.165, 1.54) is 6.07 Å². The minimum atomic E-state index is -0.467. The molecule has 30 heavy (non-hydrogen) atoms. The smallest absolute Gasteiger partial charge is 0.273 e. The first-order chi connectivity index (χ1) is 14.5. The van der Waals surface area contributed by atoms with Crippen LogP contribution in [0, 0.1) is 6.92 Å². The fourth-order valence-corrected chi connectivity index (χ4v) is 3.93. The van der Waals surface area contributed by atoms with Gasteiger partial charge < -0.3 is 10.1 Å². The van der Waals surface area contributed by atoms with E-state index in [9.17, 15) is 9.59 Å². The van der Waals surface area contributed by atoms with Crippen LogP contribution < -0.4 is 15.6 Å². The number of carbonyl (C=O) groups is 1. The van der Waals surface area contributed by atoms with Gasteiger partial charge in [-0.2, -0.15) is 4.98 Å². The number of fused-ring (bicyclic) bond motifs is 3. The molecular weight excluding hydrogens is 380 g/mol. The predicted molar refractivity (Wildman–Crippen MR) is 116 cm³/mol. The lowest BCUT2D eigenvalue weighted by molar-refractivity contribution is -0.124. The van der Waals surface area contributed by atoms with Gasteiger partial charge in [0, 0.05) is 29.3 Å². The summed E-state index contributed by atoms with van der Waals surface area (Å²) in [4.78, 5) is 29.5. The summed E-state index contributed by atoms with van der Waals surface area (Å²) in [6, 6.07) is 16.3. The lowest BCUT2D eigenvalue weighted by Gasteiger charge is -2.21. The summed E-state index contributed by atoms with van der Waals surface area (Å²) in [5.74, 6) is 0.629. The summed E-state index contributed by atoms with van der Waals surface area (Å²) in [5, 5.41) is 3.88. The Labute approximate surface area is 173 Å². The van der Waals surface area contributed by atoms with E-state index >= 15 is 0 Å². The molecule has 154 valence electrons. The number of para-hydroxylation sites is 2. The van der Waals surface area contributed by atoms with E-state index in [4.69, 9.17) is 4.74 Å². The zero-order chi connectivity index (χ0) is 21.3. The van der Waals surface area contributed by atoms with Crippen LogP contribution in [-0.2, 0) is 11.3 Å². The first-order valence-corrected chi connectivity index (χ1v) is 9.94. The summed E-state index contributed by atoms with van der Waals surface area (Å²) in [7, 11) is 1.62. The number of ether oxygens (including phenoxy) is 1. The van der Waals surface area contributed by atoms with E-state index in [-0.39, 0.29) is 11.5 Å². The van der Waals surface area contributed by atoms with Gasteiger partial charge in [0.1, 0.15) is 11.8 Å². The van der Waals surface area contributed by atoms with Gasteiger partial charge in [-0.05, 0) is 31.5 Å². The average Bonchev–Trinajstić information content (AvgIpc) is 3.08. The van der Waals surface area contributed by atoms with Crippen LogP contribution in [0.2, 0.25) is 0 Å². The molecule has 1 amide bonds. The van der Waals surface area contributed by atoms with Gasteiger partial charge in [0.15, 0.2) is 5.65 Å². The molecule has 0 radical (unpaired) electrons. The minimum absolute atomic E-state index is 0.107. The van der Waals surface area contributed by atoms with Crippen molar-refractivity contribution in [2.45, 2.75) is 32.9 Å². The van der Waals surface area contributed by atoms with Crippen LogP contribution in [0.3, 0.4) is 0 Å². The number of aryl methyl sites for hydroxylation is 1. The van der Waals surface area contributed by atoms with Crippen LogP contribution in [0.1, 0.15) is 30.6 Å². The maximum Gasteiger partial charge on any atom is 0.273 e. The van der Waals surface area contributed by atoms with Crippen molar-refractivity contribution in [3.05, 3.63) is 76.2 Å². The number of hydrogen-bond acceptors (Lipinski definition) is 4. The summed E-state index contributed by atoms with van der Waals surface area (Å²) in [6.07, 6.45) is 0.580. The Morgan fingerprint density at radius 1 is 1.17 bits per heavy atom. The van der Waals surface area contributed by atoms with E-state index in [0.29, 0.717) is 18.6 Å². The van der Waals surface area contributed by atoms with Crippen LogP contribution in [0.15, 0.2) is 59.4 Å². The van der Waals surface area contributed by atoms with Crippen molar-refractivity contribution in [3.63, 3.8) is 0 Å². The van der Waals surface area contributed by atoms with Crippen LogP contribution in [-0.4, -0.2) is 27.2 Å². The first kappa shape index (κ1) is 19.7. The lowest BCUT2D eigenvalue weighted by atomic mass is 10.1. The molecule has 0 aliphatic heterocycles. The summed E-state index contributed by atoms with van der Waals surface area (Å²) < 4.78 is 9.18. The molecule has 2 heterocycles. The highest BCUT2D eigenvalue weighted by Gasteiger charge is 2.24. The van der Waals surface area contributed by atoms with Crippen molar-refractivity contribution >= 4 is 22.5 Å². The molecule has 0 saturated carbocycles. The van der Waals surface area contributed by atoms with E-state index in [1.54, 1.807) is 7.11 Å². The van der Waals surface area contributed by atoms with Crippen LogP contribution in [0.5, 0.6) is 5.75 Å². The number of carbonyl (C=O) groups excluding carboxylic acids is 1. The number of nitrogens with one attached hydrogen (secondary N) is 1. The fourth-order valence-electron chi connectivity index (χ4n) is 3.93. The lowest BCUT2D eigenvalue weighted by Crippen LogP contribution is -2.34. The molecule has 0 fully saturated rings. The summed E-state index contributed by atoms with van der Waals surface area (Å²) in [6.45, 7) is 4.19. The van der Waals surface area contributed by atoms with E-state index in [2.05, 4.69) is 10.3 Å². The van der Waals surface area contributed by atoms with Crippen molar-refractivity contribution < 1.29 is 9.53 Å². The average molecular weight is 404 g/mol. The third kappa shape index (κ3) is 3.32. The first-order valence-electron chi connectivity index (χ1n) is 9.94. The minimum Gasteiger partial charge on any atom is -0.496 e. The molecule has 4 rings (SSSR count). The van der Waals surface area contributed by atoms with E-state index in [0.717, 1.165) is 27.9 Å². The molecule has 0 saturated heterocycles. The Bertz CT molecular complexity index is 1290. The van der Waals surface area contributed by atoms with Crippen LogP contribution in [0.4, 0.5) is 0 Å². The quantitative estimate of drug-likeness (QED) is 0.535. The predicted octanol–water partition coefficient (Wildman–Crippen LogP) is 3.23. The van der Waals surface area contributed by atoms with E-state index < -0.39 is 6.04 Å². The Hall–Kier alpha value is -3.61. The Kier molecular flexibility index (Phi) is 5.27. The van der Waals surface area contributed by atoms with Crippen LogP contribution >= 0.6 is 0 Å². The highest BCUT2D eigenvalue weighted by molar-refractivity contribution is 5.94. The second-order valence-corrected chi connectivity index (χ2v) is 7.19. The van der Waals surface area contributed by atoms with E-state index in [1.807, 2.05) is 71.6 Å². The molecule has 7 nitrogen and oxygen atoms in total. The molecule has 2 aromatic carbocycles. The van der Waals surface area contributed by atoms with Crippen molar-refractivity contribution in [2.24, 2.45) is 0 Å². The molecule has 0 bridgehead atoms. The third-order valence-corrected chi connectivity index (χ3v) is 5.32. The van der Waals surface area contributed by atoms with Crippen molar-refractivity contribution in [2.75, 3.05) is 7.11 Å². The monoisotopic (exact) mass is 404 g/mol. The van der Waals surface area contributed by atoms with Gasteiger partial charge >= 0.3 is 0 Å². The van der Waals surface area contributed by atoms with Gasteiger partial charge in [-0.1, -0.05) is 37.3 Å². The number of methoxy groups -OCH3 is 1. The van der Waals surface area contributed by atoms with Crippen molar-refractivity contribution in [3.8, 4) is 5.75 Å². The van der Waals surface area contributed by atoms with Crippen molar-refractivity contribution in [1.29, 1.82) is 0 Å². The second-order valence-electron chi connectivity index (χ2n) is 7.19. The topological polar surface area (TPSA) is 77.6 Å². The third-order valence-electron chi connectivity index (χ3n) is 5.32. The summed E-state index contributed by atoms with van der Waals surface area (Å²) >= 11 is 0. The molecule has 0 spiro atoms. The fraction of sp³-hybridized carbons (Fsp3) is 0.261. The molecule has 2 aromatic heterocycles. The molecule has 1 unspecified atom stereocenters. The largest absolute Gasteiger partial charge is 0.496 e. The van der Waals surface area contributed by atoms with Gasteiger partial charge in [-0.15, -0.1) is 0 Å². The molecule has 1 atom stereocenters. The Balaban J connectivity index is 1.77. The zero-order valence-electron chi connectivity index (χ0n) is 17.3. The number of amides is 1. The van der Waals surface area contributed by atoms with Gasteiger partial charge in [0.25, 0.3) is 5.56 Å². The number of benzene rings is 2. The highest BCUT2D eigenvalue weighted by Crippen LogP contribution is 2.27. The van der Waals surface area contributed by atoms with Crippen molar-refractivity contribution in [1.82, 2.24) is 19.5 Å². The van der Waals surface area contributed by atoms with Gasteiger partial charge in [0.05, 0.1) is 12.6 Å². The number of nitrogens with zero attached hydrogens (tertiary/aromatic N) is 3. The standard InChI is InChI=1S/C23H24N4O3/c1-4-18(23(29)24-14-16-9-5-8-12-20(16)30-3)27-19-11-7-6-10-17(19)22-25-21(28)13-15(2)26(22)27/h5-13,18H,4,14H2,1-3H3,(H,24,29). The van der Waals surface area contributed by atoms with Gasteiger partial charge in [-0.25, -0.2) is 4.52 Å². The molecular formula is C23H24N4O3. The molecule has 0 aliphatic carbocycles. The maximum atomic E-state index is 13.2. The summed E-state index contributed by atoms with van der Waals surface area (Å²) in [5.41, 5.74) is 2.78. The molecule has 4 aromatic rings. The molecule has 1 N–H and O–H groups in total. The SMILES string of the molecule is CCC(C(=O)NCc1ccccc1OC)n1c2ccccc2c2nc(=O)cc(C)n21. The zero-order valence-corrected chi connectivity index (χ0v) is 17.3. The normalized spacial score (nSPS) is 12.2. The van der Waals surface area contributed by atoms with Gasteiger partial charge in [0.2, 0.25) is 5.91 Å².